The monoisotopic (exact) mass is 221 g/mol. The van der Waals surface area contributed by atoms with Gasteiger partial charge in [-0.1, -0.05) is 0 Å². The van der Waals surface area contributed by atoms with Crippen LogP contribution in [0.1, 0.15) is 0 Å². The van der Waals surface area contributed by atoms with Crippen molar-refractivity contribution in [3.63, 3.8) is 0 Å². The number of aliphatic hydroxyl groups excluding tert-OH is 2. The fourth-order valence-electron chi connectivity index (χ4n) is 0.978. The van der Waals surface area contributed by atoms with Crippen LogP contribution >= 0.6 is 0 Å². The lowest BCUT2D eigenvalue weighted by Gasteiger charge is -2.15. The maximum absolute atomic E-state index is 11.4. The summed E-state index contributed by atoms with van der Waals surface area (Å²) >= 11 is 0. The zero-order valence-corrected chi connectivity index (χ0v) is 8.82. The number of nitrogens with one attached hydrogen (secondary N) is 3. The quantitative estimate of drug-likeness (QED) is 0.215. The summed E-state index contributed by atoms with van der Waals surface area (Å²) in [6, 6.07) is 0. The van der Waals surface area contributed by atoms with E-state index in [0.717, 1.165) is 0 Å². The first-order valence-electron chi connectivity index (χ1n) is 4.70. The standard InChI is InChI=1S/C8H19N3O4/c1-9-6-15-8(14)7(2-10-4-12)3-11-5-13/h7,9-13H,2-6H2,1H3. The van der Waals surface area contributed by atoms with Crippen molar-refractivity contribution in [3.8, 4) is 0 Å². The first kappa shape index (κ1) is 14.3. The number of ether oxygens (including phenoxy) is 1. The number of hydrogen-bond donors (Lipinski definition) is 5. The van der Waals surface area contributed by atoms with Crippen LogP contribution in [0.15, 0.2) is 0 Å². The first-order chi connectivity index (χ1) is 7.26. The molecule has 7 nitrogen and oxygen atoms in total. The summed E-state index contributed by atoms with van der Waals surface area (Å²) in [7, 11) is 1.67. The van der Waals surface area contributed by atoms with Gasteiger partial charge in [0.05, 0.1) is 19.4 Å². The van der Waals surface area contributed by atoms with Crippen molar-refractivity contribution in [3.05, 3.63) is 0 Å². The van der Waals surface area contributed by atoms with Crippen LogP contribution in [0, 0.1) is 5.92 Å². The normalized spacial score (nSPS) is 10.7. The van der Waals surface area contributed by atoms with Crippen molar-refractivity contribution in [1.29, 1.82) is 0 Å². The molecule has 0 atom stereocenters. The maximum atomic E-state index is 11.4. The van der Waals surface area contributed by atoms with Crippen LogP contribution in [-0.2, 0) is 9.53 Å². The van der Waals surface area contributed by atoms with Crippen LogP contribution in [0.3, 0.4) is 0 Å². The Kier molecular flexibility index (Phi) is 9.33. The third-order valence-corrected chi connectivity index (χ3v) is 1.70. The molecular formula is C8H19N3O4. The van der Waals surface area contributed by atoms with Crippen LogP contribution in [0.2, 0.25) is 0 Å². The molecule has 0 bridgehead atoms. The molecule has 0 aliphatic heterocycles. The van der Waals surface area contributed by atoms with Gasteiger partial charge in [0.1, 0.15) is 6.73 Å². The Morgan fingerprint density at radius 2 is 1.80 bits per heavy atom. The molecule has 0 saturated heterocycles. The van der Waals surface area contributed by atoms with Crippen LogP contribution in [0.5, 0.6) is 0 Å². The molecule has 7 heteroatoms. The highest BCUT2D eigenvalue weighted by molar-refractivity contribution is 5.72. The smallest absolute Gasteiger partial charge is 0.312 e. The lowest BCUT2D eigenvalue weighted by molar-refractivity contribution is -0.149. The fourth-order valence-corrected chi connectivity index (χ4v) is 0.978. The average molecular weight is 221 g/mol. The fraction of sp³-hybridized carbons (Fsp3) is 0.875. The molecule has 0 fully saturated rings. The Hall–Kier alpha value is -0.730. The number of hydrogen-bond acceptors (Lipinski definition) is 7. The van der Waals surface area contributed by atoms with Gasteiger partial charge in [0.15, 0.2) is 0 Å². The highest BCUT2D eigenvalue weighted by atomic mass is 16.5. The molecular weight excluding hydrogens is 202 g/mol. The van der Waals surface area contributed by atoms with Crippen molar-refractivity contribution in [2.45, 2.75) is 0 Å². The first-order valence-corrected chi connectivity index (χ1v) is 4.70. The molecule has 0 aliphatic carbocycles. The second kappa shape index (κ2) is 9.81. The summed E-state index contributed by atoms with van der Waals surface area (Å²) in [5.41, 5.74) is 0. The Morgan fingerprint density at radius 3 is 2.20 bits per heavy atom. The van der Waals surface area contributed by atoms with Crippen LogP contribution in [-0.4, -0.2) is 56.5 Å². The van der Waals surface area contributed by atoms with E-state index in [2.05, 4.69) is 16.0 Å². The van der Waals surface area contributed by atoms with E-state index in [4.69, 9.17) is 14.9 Å². The summed E-state index contributed by atoms with van der Waals surface area (Å²) in [5.74, 6) is -0.816. The second-order valence-electron chi connectivity index (χ2n) is 2.88. The number of rotatable bonds is 9. The largest absolute Gasteiger partial charge is 0.449 e. The van der Waals surface area contributed by atoms with Gasteiger partial charge in [-0.3, -0.25) is 20.7 Å². The molecule has 0 aromatic heterocycles. The maximum Gasteiger partial charge on any atom is 0.312 e. The molecule has 0 aromatic carbocycles. The van der Waals surface area contributed by atoms with Crippen molar-refractivity contribution >= 4 is 5.97 Å². The molecule has 0 spiro atoms. The van der Waals surface area contributed by atoms with E-state index in [9.17, 15) is 4.79 Å². The molecule has 0 heterocycles. The van der Waals surface area contributed by atoms with Crippen LogP contribution < -0.4 is 16.0 Å². The molecule has 5 N–H and O–H groups in total. The van der Waals surface area contributed by atoms with Gasteiger partial charge in [0.25, 0.3) is 0 Å². The molecule has 15 heavy (non-hydrogen) atoms. The zero-order chi connectivity index (χ0) is 11.5. The zero-order valence-electron chi connectivity index (χ0n) is 8.82. The van der Waals surface area contributed by atoms with E-state index < -0.39 is 5.92 Å². The van der Waals surface area contributed by atoms with Gasteiger partial charge in [0.2, 0.25) is 0 Å². The van der Waals surface area contributed by atoms with E-state index >= 15 is 0 Å². The molecule has 90 valence electrons. The SMILES string of the molecule is CNCOC(=O)C(CNCO)CNCO. The third-order valence-electron chi connectivity index (χ3n) is 1.70. The van der Waals surface area contributed by atoms with Gasteiger partial charge >= 0.3 is 5.97 Å². The van der Waals surface area contributed by atoms with E-state index in [1.807, 2.05) is 0 Å². The molecule has 0 unspecified atom stereocenters. The van der Waals surface area contributed by atoms with E-state index in [-0.39, 0.29) is 26.2 Å². The highest BCUT2D eigenvalue weighted by Gasteiger charge is 2.18. The van der Waals surface area contributed by atoms with Gasteiger partial charge in [-0.2, -0.15) is 0 Å². The molecule has 0 aromatic rings. The predicted octanol–water partition coefficient (Wildman–Crippen LogP) is -2.60. The number of esters is 1. The predicted molar refractivity (Wildman–Crippen MR) is 53.7 cm³/mol. The van der Waals surface area contributed by atoms with Crippen molar-refractivity contribution < 1.29 is 19.7 Å². The Bertz CT molecular complexity index is 160. The molecule has 0 saturated carbocycles. The van der Waals surface area contributed by atoms with E-state index in [1.54, 1.807) is 7.05 Å². The summed E-state index contributed by atoms with van der Waals surface area (Å²) in [6.07, 6.45) is 0. The number of aliphatic hydroxyl groups is 2. The highest BCUT2D eigenvalue weighted by Crippen LogP contribution is 1.96. The van der Waals surface area contributed by atoms with Crippen molar-refractivity contribution in [2.75, 3.05) is 40.3 Å². The Morgan fingerprint density at radius 1 is 1.27 bits per heavy atom. The van der Waals surface area contributed by atoms with Gasteiger partial charge in [-0.05, 0) is 7.05 Å². The summed E-state index contributed by atoms with van der Waals surface area (Å²) in [4.78, 5) is 11.4. The lowest BCUT2D eigenvalue weighted by atomic mass is 10.1. The average Bonchev–Trinajstić information content (AvgIpc) is 2.26. The second-order valence-corrected chi connectivity index (χ2v) is 2.88. The van der Waals surface area contributed by atoms with Crippen molar-refractivity contribution in [1.82, 2.24) is 16.0 Å². The molecule has 0 rings (SSSR count). The van der Waals surface area contributed by atoms with Gasteiger partial charge < -0.3 is 14.9 Å². The summed E-state index contributed by atoms with van der Waals surface area (Å²) in [5, 5.41) is 25.0. The Balaban J connectivity index is 3.90. The van der Waals surface area contributed by atoms with Gasteiger partial charge in [-0.25, -0.2) is 0 Å². The Labute approximate surface area is 88.8 Å². The van der Waals surface area contributed by atoms with E-state index in [0.29, 0.717) is 13.1 Å². The molecule has 0 radical (unpaired) electrons. The number of carbonyl (C=O) groups excluding carboxylic acids is 1. The molecule has 0 aliphatic rings. The number of carbonyl (C=O) groups is 1. The van der Waals surface area contributed by atoms with Gasteiger partial charge in [-0.15, -0.1) is 0 Å². The minimum atomic E-state index is -0.433. The van der Waals surface area contributed by atoms with Crippen LogP contribution in [0.4, 0.5) is 0 Å². The third kappa shape index (κ3) is 7.23. The van der Waals surface area contributed by atoms with Crippen LogP contribution in [0.25, 0.3) is 0 Å². The summed E-state index contributed by atoms with van der Waals surface area (Å²) in [6.45, 7) is 0.343. The molecule has 0 amide bonds. The van der Waals surface area contributed by atoms with Gasteiger partial charge in [0, 0.05) is 13.1 Å². The van der Waals surface area contributed by atoms with E-state index in [1.165, 1.54) is 0 Å². The topological polar surface area (TPSA) is 103 Å². The minimum absolute atomic E-state index is 0.146. The van der Waals surface area contributed by atoms with Crippen molar-refractivity contribution in [2.24, 2.45) is 5.92 Å². The summed E-state index contributed by atoms with van der Waals surface area (Å²) < 4.78 is 4.85. The minimum Gasteiger partial charge on any atom is -0.449 e. The lowest BCUT2D eigenvalue weighted by Crippen LogP contribution is -2.38.